The molecule has 1 aromatic heterocycles. The lowest BCUT2D eigenvalue weighted by Crippen LogP contribution is -2.32. The van der Waals surface area contributed by atoms with Gasteiger partial charge < -0.3 is 15.5 Å². The summed E-state index contributed by atoms with van der Waals surface area (Å²) in [5, 5.41) is 0.906. The summed E-state index contributed by atoms with van der Waals surface area (Å²) in [5.41, 5.74) is 6.00. The number of hydrogen-bond donors (Lipinski definition) is 1. The SMILES string of the molecule is CCCN(CCC)C(=O)c1sc(N2CCCCC2)nc1N. The highest BCUT2D eigenvalue weighted by Gasteiger charge is 2.23. The van der Waals surface area contributed by atoms with E-state index in [1.54, 1.807) is 0 Å². The molecule has 0 unspecified atom stereocenters. The normalized spacial score (nSPS) is 15.2. The van der Waals surface area contributed by atoms with Gasteiger partial charge in [0.1, 0.15) is 10.7 Å². The van der Waals surface area contributed by atoms with Crippen LogP contribution in [0.3, 0.4) is 0 Å². The number of aromatic nitrogens is 1. The zero-order valence-corrected chi connectivity index (χ0v) is 13.9. The standard InChI is InChI=1S/C15H26N4OS/c1-3-8-18(9-4-2)14(20)12-13(16)17-15(21-12)19-10-6-5-7-11-19/h3-11,16H2,1-2H3. The van der Waals surface area contributed by atoms with Crippen molar-refractivity contribution in [3.63, 3.8) is 0 Å². The molecule has 1 amide bonds. The van der Waals surface area contributed by atoms with E-state index in [4.69, 9.17) is 5.73 Å². The number of carbonyl (C=O) groups excluding carboxylic acids is 1. The van der Waals surface area contributed by atoms with E-state index in [1.165, 1.54) is 30.6 Å². The van der Waals surface area contributed by atoms with Gasteiger partial charge in [-0.3, -0.25) is 4.79 Å². The minimum atomic E-state index is 0.0389. The maximum absolute atomic E-state index is 12.6. The Labute approximate surface area is 131 Å². The largest absolute Gasteiger partial charge is 0.382 e. The number of hydrogen-bond acceptors (Lipinski definition) is 5. The molecule has 2 N–H and O–H groups in total. The number of nitrogens with zero attached hydrogens (tertiary/aromatic N) is 3. The monoisotopic (exact) mass is 310 g/mol. The van der Waals surface area contributed by atoms with Crippen molar-refractivity contribution >= 4 is 28.2 Å². The Morgan fingerprint density at radius 3 is 2.43 bits per heavy atom. The Hall–Kier alpha value is -1.30. The Balaban J connectivity index is 2.14. The summed E-state index contributed by atoms with van der Waals surface area (Å²) in [6.07, 6.45) is 5.60. The lowest BCUT2D eigenvalue weighted by molar-refractivity contribution is 0.0761. The predicted octanol–water partition coefficient (Wildman–Crippen LogP) is 2.98. The summed E-state index contributed by atoms with van der Waals surface area (Å²) in [7, 11) is 0. The average Bonchev–Trinajstić information content (AvgIpc) is 2.89. The molecule has 1 saturated heterocycles. The third-order valence-corrected chi connectivity index (χ3v) is 4.86. The number of piperidine rings is 1. The van der Waals surface area contributed by atoms with E-state index < -0.39 is 0 Å². The van der Waals surface area contributed by atoms with Crippen molar-refractivity contribution in [2.24, 2.45) is 0 Å². The smallest absolute Gasteiger partial charge is 0.267 e. The van der Waals surface area contributed by atoms with Gasteiger partial charge in [-0.05, 0) is 32.1 Å². The molecule has 21 heavy (non-hydrogen) atoms. The predicted molar refractivity (Wildman–Crippen MR) is 89.1 cm³/mol. The van der Waals surface area contributed by atoms with Gasteiger partial charge in [-0.1, -0.05) is 25.2 Å². The Kier molecular flexibility index (Phi) is 5.85. The van der Waals surface area contributed by atoms with Crippen molar-refractivity contribution in [1.82, 2.24) is 9.88 Å². The first kappa shape index (κ1) is 16.1. The number of carbonyl (C=O) groups is 1. The first-order valence-electron chi connectivity index (χ1n) is 7.97. The summed E-state index contributed by atoms with van der Waals surface area (Å²) < 4.78 is 0. The van der Waals surface area contributed by atoms with E-state index in [2.05, 4.69) is 23.7 Å². The first-order chi connectivity index (χ1) is 10.2. The van der Waals surface area contributed by atoms with Crippen LogP contribution in [-0.2, 0) is 0 Å². The van der Waals surface area contributed by atoms with E-state index in [0.717, 1.165) is 44.2 Å². The summed E-state index contributed by atoms with van der Waals surface area (Å²) in [6, 6.07) is 0. The number of rotatable bonds is 6. The minimum absolute atomic E-state index is 0.0389. The van der Waals surface area contributed by atoms with Crippen LogP contribution in [0.5, 0.6) is 0 Å². The summed E-state index contributed by atoms with van der Waals surface area (Å²) in [5.74, 6) is 0.430. The number of amides is 1. The zero-order valence-electron chi connectivity index (χ0n) is 13.1. The molecule has 0 spiro atoms. The maximum atomic E-state index is 12.6. The average molecular weight is 310 g/mol. The molecule has 2 rings (SSSR count). The van der Waals surface area contributed by atoms with Gasteiger partial charge in [-0.25, -0.2) is 4.98 Å². The topological polar surface area (TPSA) is 62.5 Å². The van der Waals surface area contributed by atoms with Crippen LogP contribution in [0, 0.1) is 0 Å². The summed E-state index contributed by atoms with van der Waals surface area (Å²) in [6.45, 7) is 7.78. The molecule has 0 atom stereocenters. The van der Waals surface area contributed by atoms with E-state index in [1.807, 2.05) is 4.90 Å². The number of anilines is 2. The van der Waals surface area contributed by atoms with Crippen molar-refractivity contribution in [3.8, 4) is 0 Å². The fourth-order valence-electron chi connectivity index (χ4n) is 2.69. The molecule has 0 aliphatic carbocycles. The number of thiazole rings is 1. The van der Waals surface area contributed by atoms with Crippen LogP contribution < -0.4 is 10.6 Å². The van der Waals surface area contributed by atoms with Crippen molar-refractivity contribution in [1.29, 1.82) is 0 Å². The van der Waals surface area contributed by atoms with Gasteiger partial charge >= 0.3 is 0 Å². The van der Waals surface area contributed by atoms with E-state index >= 15 is 0 Å². The molecule has 0 saturated carbocycles. The van der Waals surface area contributed by atoms with Gasteiger partial charge in [0, 0.05) is 26.2 Å². The van der Waals surface area contributed by atoms with Crippen LogP contribution in [-0.4, -0.2) is 42.0 Å². The summed E-state index contributed by atoms with van der Waals surface area (Å²) >= 11 is 1.45. The molecule has 2 heterocycles. The van der Waals surface area contributed by atoms with Crippen LogP contribution in [0.2, 0.25) is 0 Å². The van der Waals surface area contributed by atoms with Crippen molar-refractivity contribution in [2.75, 3.05) is 36.8 Å². The van der Waals surface area contributed by atoms with Gasteiger partial charge in [-0.2, -0.15) is 0 Å². The number of nitrogens with two attached hydrogens (primary N) is 1. The number of nitrogen functional groups attached to an aromatic ring is 1. The molecule has 5 nitrogen and oxygen atoms in total. The molecule has 118 valence electrons. The molecule has 6 heteroatoms. The van der Waals surface area contributed by atoms with Crippen molar-refractivity contribution < 1.29 is 4.79 Å². The highest BCUT2D eigenvalue weighted by molar-refractivity contribution is 7.18. The van der Waals surface area contributed by atoms with E-state index in [-0.39, 0.29) is 5.91 Å². The molecule has 0 aromatic carbocycles. The van der Waals surface area contributed by atoms with Gasteiger partial charge in [0.15, 0.2) is 5.13 Å². The maximum Gasteiger partial charge on any atom is 0.267 e. The van der Waals surface area contributed by atoms with Gasteiger partial charge in [0.05, 0.1) is 0 Å². The molecule has 0 bridgehead atoms. The minimum Gasteiger partial charge on any atom is -0.382 e. The van der Waals surface area contributed by atoms with Crippen molar-refractivity contribution in [3.05, 3.63) is 4.88 Å². The Bertz CT molecular complexity index is 462. The third kappa shape index (κ3) is 3.87. The second-order valence-electron chi connectivity index (χ2n) is 5.55. The van der Waals surface area contributed by atoms with Crippen LogP contribution in [0.15, 0.2) is 0 Å². The first-order valence-corrected chi connectivity index (χ1v) is 8.79. The lowest BCUT2D eigenvalue weighted by Gasteiger charge is -2.25. The van der Waals surface area contributed by atoms with E-state index in [0.29, 0.717) is 10.7 Å². The van der Waals surface area contributed by atoms with Crippen molar-refractivity contribution in [2.45, 2.75) is 46.0 Å². The Morgan fingerprint density at radius 1 is 1.24 bits per heavy atom. The third-order valence-electron chi connectivity index (χ3n) is 3.74. The van der Waals surface area contributed by atoms with Crippen LogP contribution in [0.25, 0.3) is 0 Å². The zero-order chi connectivity index (χ0) is 15.2. The summed E-state index contributed by atoms with van der Waals surface area (Å²) in [4.78, 5) is 21.8. The van der Waals surface area contributed by atoms with Gasteiger partial charge in [-0.15, -0.1) is 0 Å². The Morgan fingerprint density at radius 2 is 1.86 bits per heavy atom. The second kappa shape index (κ2) is 7.64. The fourth-order valence-corrected chi connectivity index (χ4v) is 3.70. The molecule has 0 radical (unpaired) electrons. The molecule has 1 fully saturated rings. The second-order valence-corrected chi connectivity index (χ2v) is 6.53. The molecule has 1 aliphatic rings. The molecular formula is C15H26N4OS. The molecular weight excluding hydrogens is 284 g/mol. The van der Waals surface area contributed by atoms with Crippen LogP contribution >= 0.6 is 11.3 Å². The quantitative estimate of drug-likeness (QED) is 0.877. The fraction of sp³-hybridized carbons (Fsp3) is 0.733. The van der Waals surface area contributed by atoms with Gasteiger partial charge in [0.25, 0.3) is 5.91 Å². The van der Waals surface area contributed by atoms with Gasteiger partial charge in [0.2, 0.25) is 0 Å². The van der Waals surface area contributed by atoms with Crippen LogP contribution in [0.1, 0.15) is 55.6 Å². The highest BCUT2D eigenvalue weighted by Crippen LogP contribution is 2.31. The molecule has 1 aliphatic heterocycles. The molecule has 1 aromatic rings. The van der Waals surface area contributed by atoms with Crippen LogP contribution in [0.4, 0.5) is 10.9 Å². The highest BCUT2D eigenvalue weighted by atomic mass is 32.1. The van der Waals surface area contributed by atoms with E-state index in [9.17, 15) is 4.79 Å². The lowest BCUT2D eigenvalue weighted by atomic mass is 10.1.